The Bertz CT molecular complexity index is 1110. The third-order valence-electron chi connectivity index (χ3n) is 5.08. The number of carboxylic acid groups (broad SMARTS) is 1. The monoisotopic (exact) mass is 436 g/mol. The molecule has 0 saturated heterocycles. The van der Waals surface area contributed by atoms with Crippen molar-refractivity contribution in [3.8, 4) is 5.75 Å². The Balaban J connectivity index is 1.90. The minimum Gasteiger partial charge on any atom is -0.497 e. The molecular weight excluding hydrogens is 408 g/mol. The van der Waals surface area contributed by atoms with Gasteiger partial charge in [-0.05, 0) is 61.9 Å². The number of nitrogens with one attached hydrogen (secondary N) is 1. The van der Waals surface area contributed by atoms with Crippen molar-refractivity contribution in [2.24, 2.45) is 0 Å². The van der Waals surface area contributed by atoms with Gasteiger partial charge in [0.1, 0.15) is 5.75 Å². The van der Waals surface area contributed by atoms with Crippen molar-refractivity contribution in [3.63, 3.8) is 0 Å². The van der Waals surface area contributed by atoms with Crippen LogP contribution >= 0.6 is 0 Å². The number of aryl methyl sites for hydroxylation is 2. The Labute approximate surface area is 187 Å². The fraction of sp³-hybridized carbons (Fsp3) is 0.292. The normalized spacial score (nSPS) is 10.6. The van der Waals surface area contributed by atoms with Crippen molar-refractivity contribution in [1.29, 1.82) is 0 Å². The molecule has 2 aromatic carbocycles. The maximum atomic E-state index is 12.8. The first-order chi connectivity index (χ1) is 15.3. The second-order valence-electron chi connectivity index (χ2n) is 7.58. The highest BCUT2D eigenvalue weighted by Crippen LogP contribution is 2.29. The number of methoxy groups -OCH3 is 1. The van der Waals surface area contributed by atoms with Crippen molar-refractivity contribution in [2.45, 2.75) is 33.4 Å². The number of aromatic nitrogens is 2. The van der Waals surface area contributed by atoms with E-state index in [0.717, 1.165) is 24.4 Å². The molecule has 0 unspecified atom stereocenters. The molecule has 0 aliphatic rings. The summed E-state index contributed by atoms with van der Waals surface area (Å²) < 4.78 is 7.11. The molecule has 8 heteroatoms. The van der Waals surface area contributed by atoms with Gasteiger partial charge in [0.15, 0.2) is 0 Å². The van der Waals surface area contributed by atoms with E-state index in [0.29, 0.717) is 29.2 Å². The van der Waals surface area contributed by atoms with Crippen LogP contribution in [0.15, 0.2) is 48.5 Å². The number of hydrogen-bond acceptors (Lipinski definition) is 5. The van der Waals surface area contributed by atoms with Crippen molar-refractivity contribution in [2.75, 3.05) is 24.4 Å². The van der Waals surface area contributed by atoms with E-state index in [1.165, 1.54) is 12.1 Å². The fourth-order valence-electron chi connectivity index (χ4n) is 3.50. The van der Waals surface area contributed by atoms with Crippen LogP contribution in [0.2, 0.25) is 0 Å². The second kappa shape index (κ2) is 10.00. The van der Waals surface area contributed by atoms with Gasteiger partial charge in [-0.1, -0.05) is 6.92 Å². The summed E-state index contributed by atoms with van der Waals surface area (Å²) in [5, 5.41) is 16.8. The lowest BCUT2D eigenvalue weighted by molar-refractivity contribution is 0.0696. The van der Waals surface area contributed by atoms with E-state index < -0.39 is 5.97 Å². The molecule has 0 aliphatic heterocycles. The molecule has 0 radical (unpaired) electrons. The van der Waals surface area contributed by atoms with Crippen LogP contribution in [0.4, 0.5) is 11.4 Å². The minimum absolute atomic E-state index is 0.0963. The number of amides is 1. The lowest BCUT2D eigenvalue weighted by atomic mass is 10.1. The number of rotatable bonds is 9. The lowest BCUT2D eigenvalue weighted by Gasteiger charge is -2.23. The Morgan fingerprint density at radius 1 is 1.12 bits per heavy atom. The summed E-state index contributed by atoms with van der Waals surface area (Å²) in [6, 6.07) is 13.5. The molecule has 1 aromatic heterocycles. The zero-order chi connectivity index (χ0) is 23.3. The zero-order valence-electron chi connectivity index (χ0n) is 18.8. The Morgan fingerprint density at radius 2 is 1.81 bits per heavy atom. The van der Waals surface area contributed by atoms with Crippen LogP contribution < -0.4 is 15.0 Å². The number of ether oxygens (including phenoxy) is 1. The SMILES string of the molecule is CCCn1nc(C)cc1CN(C)c1ccc(C(=O)O)cc1NC(=O)c1ccc(OC)cc1. The molecular formula is C24H28N4O4. The fourth-order valence-corrected chi connectivity index (χ4v) is 3.50. The average molecular weight is 437 g/mol. The topological polar surface area (TPSA) is 96.7 Å². The van der Waals surface area contributed by atoms with Crippen molar-refractivity contribution in [3.05, 3.63) is 71.0 Å². The molecule has 32 heavy (non-hydrogen) atoms. The highest BCUT2D eigenvalue weighted by molar-refractivity contribution is 6.06. The Morgan fingerprint density at radius 3 is 2.44 bits per heavy atom. The van der Waals surface area contributed by atoms with Crippen LogP contribution in [-0.4, -0.2) is 40.9 Å². The lowest BCUT2D eigenvalue weighted by Crippen LogP contribution is -2.22. The Hall–Kier alpha value is -3.81. The molecule has 0 atom stereocenters. The number of hydrogen-bond donors (Lipinski definition) is 2. The molecule has 8 nitrogen and oxygen atoms in total. The van der Waals surface area contributed by atoms with E-state index in [2.05, 4.69) is 17.3 Å². The number of carboxylic acids is 1. The van der Waals surface area contributed by atoms with Gasteiger partial charge >= 0.3 is 5.97 Å². The summed E-state index contributed by atoms with van der Waals surface area (Å²) in [6.45, 7) is 5.43. The van der Waals surface area contributed by atoms with E-state index in [4.69, 9.17) is 4.74 Å². The van der Waals surface area contributed by atoms with Crippen LogP contribution in [0, 0.1) is 6.92 Å². The van der Waals surface area contributed by atoms with Crippen LogP contribution in [-0.2, 0) is 13.1 Å². The molecule has 168 valence electrons. The van der Waals surface area contributed by atoms with Gasteiger partial charge in [0.25, 0.3) is 5.91 Å². The number of carbonyl (C=O) groups is 2. The van der Waals surface area contributed by atoms with E-state index >= 15 is 0 Å². The summed E-state index contributed by atoms with van der Waals surface area (Å²) in [5.74, 6) is -0.749. The molecule has 0 saturated carbocycles. The summed E-state index contributed by atoms with van der Waals surface area (Å²) in [7, 11) is 3.46. The molecule has 1 heterocycles. The largest absolute Gasteiger partial charge is 0.497 e. The van der Waals surface area contributed by atoms with Gasteiger partial charge in [-0.3, -0.25) is 9.48 Å². The van der Waals surface area contributed by atoms with Crippen LogP contribution in [0.1, 0.15) is 45.4 Å². The Kier molecular flexibility index (Phi) is 7.14. The van der Waals surface area contributed by atoms with Crippen LogP contribution in [0.5, 0.6) is 5.75 Å². The summed E-state index contributed by atoms with van der Waals surface area (Å²) >= 11 is 0. The zero-order valence-corrected chi connectivity index (χ0v) is 18.8. The highest BCUT2D eigenvalue weighted by Gasteiger charge is 2.17. The second-order valence-corrected chi connectivity index (χ2v) is 7.58. The number of aromatic carboxylic acids is 1. The molecule has 0 aliphatic carbocycles. The third kappa shape index (κ3) is 5.26. The first-order valence-electron chi connectivity index (χ1n) is 10.4. The predicted molar refractivity (Wildman–Crippen MR) is 124 cm³/mol. The van der Waals surface area contributed by atoms with Gasteiger partial charge in [-0.25, -0.2) is 4.79 Å². The smallest absolute Gasteiger partial charge is 0.335 e. The van der Waals surface area contributed by atoms with Gasteiger partial charge in [0.05, 0.1) is 42.0 Å². The van der Waals surface area contributed by atoms with Gasteiger partial charge in [0.2, 0.25) is 0 Å². The number of benzene rings is 2. The standard InChI is InChI=1S/C24H28N4O4/c1-5-12-28-19(13-16(2)26-28)15-27(3)22-11-8-18(24(30)31)14-21(22)25-23(29)17-6-9-20(32-4)10-7-17/h6-11,13-14H,5,12,15H2,1-4H3,(H,25,29)(H,30,31). The molecule has 1 amide bonds. The predicted octanol–water partition coefficient (Wildman–Crippen LogP) is 4.20. The average Bonchev–Trinajstić information content (AvgIpc) is 3.12. The van der Waals surface area contributed by atoms with Gasteiger partial charge in [-0.2, -0.15) is 5.10 Å². The number of anilines is 2. The number of carbonyl (C=O) groups excluding carboxylic acids is 1. The maximum absolute atomic E-state index is 12.8. The molecule has 0 bridgehead atoms. The minimum atomic E-state index is -1.06. The van der Waals surface area contributed by atoms with E-state index in [-0.39, 0.29) is 11.5 Å². The van der Waals surface area contributed by atoms with Crippen molar-refractivity contribution >= 4 is 23.3 Å². The quantitative estimate of drug-likeness (QED) is 0.522. The molecule has 0 spiro atoms. The summed E-state index contributed by atoms with van der Waals surface area (Å²) in [5.41, 5.74) is 3.65. The maximum Gasteiger partial charge on any atom is 0.335 e. The van der Waals surface area contributed by atoms with Crippen LogP contribution in [0.3, 0.4) is 0 Å². The summed E-state index contributed by atoms with van der Waals surface area (Å²) in [4.78, 5) is 26.3. The third-order valence-corrected chi connectivity index (χ3v) is 5.08. The van der Waals surface area contributed by atoms with Crippen molar-refractivity contribution < 1.29 is 19.4 Å². The van der Waals surface area contributed by atoms with Crippen molar-refractivity contribution in [1.82, 2.24) is 9.78 Å². The number of nitrogens with zero attached hydrogens (tertiary/aromatic N) is 3. The first-order valence-corrected chi connectivity index (χ1v) is 10.4. The molecule has 3 aromatic rings. The molecule has 0 fully saturated rings. The first kappa shape index (κ1) is 22.9. The van der Waals surface area contributed by atoms with Gasteiger partial charge in [0, 0.05) is 19.2 Å². The summed E-state index contributed by atoms with van der Waals surface area (Å²) in [6.07, 6.45) is 0.967. The van der Waals surface area contributed by atoms with E-state index in [1.54, 1.807) is 37.4 Å². The molecule has 2 N–H and O–H groups in total. The van der Waals surface area contributed by atoms with E-state index in [9.17, 15) is 14.7 Å². The van der Waals surface area contributed by atoms with Crippen LogP contribution in [0.25, 0.3) is 0 Å². The van der Waals surface area contributed by atoms with Gasteiger partial charge < -0.3 is 20.1 Å². The van der Waals surface area contributed by atoms with Gasteiger partial charge in [-0.15, -0.1) is 0 Å². The highest BCUT2D eigenvalue weighted by atomic mass is 16.5. The van der Waals surface area contributed by atoms with E-state index in [1.807, 2.05) is 29.6 Å². The molecule has 3 rings (SSSR count).